The zero-order chi connectivity index (χ0) is 18.4. The van der Waals surface area contributed by atoms with Crippen molar-refractivity contribution in [1.29, 1.82) is 5.26 Å². The van der Waals surface area contributed by atoms with E-state index in [1.165, 1.54) is 0 Å². The molecule has 0 aromatic carbocycles. The molecule has 1 aliphatic rings. The SMILES string of the molecule is N#CCCN(CCC(N)=O)CCN1CCOCC1.O=C(O)C(=O)O. The van der Waals surface area contributed by atoms with Crippen LogP contribution in [0.1, 0.15) is 12.8 Å². The van der Waals surface area contributed by atoms with Gasteiger partial charge in [-0.25, -0.2) is 9.59 Å². The highest BCUT2D eigenvalue weighted by atomic mass is 16.5. The predicted octanol–water partition coefficient (Wildman–Crippen LogP) is -1.43. The van der Waals surface area contributed by atoms with Gasteiger partial charge in [-0.1, -0.05) is 0 Å². The molecular formula is C14H24N4O6. The van der Waals surface area contributed by atoms with Gasteiger partial charge in [0.15, 0.2) is 0 Å². The number of morpholine rings is 1. The second-order valence-electron chi connectivity index (χ2n) is 5.03. The van der Waals surface area contributed by atoms with E-state index in [9.17, 15) is 4.79 Å². The van der Waals surface area contributed by atoms with Crippen molar-refractivity contribution in [2.75, 3.05) is 52.5 Å². The topological polar surface area (TPSA) is 157 Å². The Morgan fingerprint density at radius 2 is 1.71 bits per heavy atom. The number of hydrogen-bond acceptors (Lipinski definition) is 7. The number of nitrogens with two attached hydrogens (primary N) is 1. The lowest BCUT2D eigenvalue weighted by molar-refractivity contribution is -0.159. The predicted molar refractivity (Wildman–Crippen MR) is 83.0 cm³/mol. The van der Waals surface area contributed by atoms with Crippen molar-refractivity contribution in [2.24, 2.45) is 5.73 Å². The van der Waals surface area contributed by atoms with Crippen LogP contribution in [0, 0.1) is 11.3 Å². The number of carbonyl (C=O) groups is 3. The molecule has 1 rings (SSSR count). The monoisotopic (exact) mass is 344 g/mol. The van der Waals surface area contributed by atoms with E-state index in [2.05, 4.69) is 15.9 Å². The lowest BCUT2D eigenvalue weighted by Gasteiger charge is -2.29. The van der Waals surface area contributed by atoms with Crippen molar-refractivity contribution >= 4 is 17.8 Å². The Hall–Kier alpha value is -2.22. The van der Waals surface area contributed by atoms with Crippen molar-refractivity contribution in [3.63, 3.8) is 0 Å². The second-order valence-corrected chi connectivity index (χ2v) is 5.03. The van der Waals surface area contributed by atoms with Crippen LogP contribution in [0.4, 0.5) is 0 Å². The average molecular weight is 344 g/mol. The van der Waals surface area contributed by atoms with Crippen molar-refractivity contribution in [3.8, 4) is 6.07 Å². The normalized spacial score (nSPS) is 14.3. The molecule has 1 amide bonds. The molecule has 0 unspecified atom stereocenters. The van der Waals surface area contributed by atoms with E-state index in [0.29, 0.717) is 25.9 Å². The molecule has 0 spiro atoms. The molecule has 1 heterocycles. The number of nitriles is 1. The zero-order valence-electron chi connectivity index (χ0n) is 13.5. The third kappa shape index (κ3) is 12.3. The number of ether oxygens (including phenoxy) is 1. The minimum atomic E-state index is -1.82. The molecule has 1 fully saturated rings. The van der Waals surface area contributed by atoms with E-state index in [0.717, 1.165) is 39.4 Å². The van der Waals surface area contributed by atoms with Crippen LogP contribution in [0.3, 0.4) is 0 Å². The number of rotatable bonds is 8. The smallest absolute Gasteiger partial charge is 0.414 e. The summed E-state index contributed by atoms with van der Waals surface area (Å²) in [6.07, 6.45) is 0.844. The minimum Gasteiger partial charge on any atom is -0.473 e. The fraction of sp³-hybridized carbons (Fsp3) is 0.714. The summed E-state index contributed by atoms with van der Waals surface area (Å²) in [5.74, 6) is -3.94. The number of hydrogen-bond donors (Lipinski definition) is 3. The van der Waals surface area contributed by atoms with E-state index in [1.54, 1.807) is 0 Å². The largest absolute Gasteiger partial charge is 0.473 e. The van der Waals surface area contributed by atoms with Gasteiger partial charge in [0.25, 0.3) is 0 Å². The third-order valence-corrected chi connectivity index (χ3v) is 3.23. The molecule has 1 saturated heterocycles. The number of nitrogens with zero attached hydrogens (tertiary/aromatic N) is 3. The van der Waals surface area contributed by atoms with Crippen LogP contribution in [0.25, 0.3) is 0 Å². The van der Waals surface area contributed by atoms with E-state index in [4.69, 9.17) is 35.5 Å². The van der Waals surface area contributed by atoms with Crippen LogP contribution in [0.15, 0.2) is 0 Å². The van der Waals surface area contributed by atoms with E-state index >= 15 is 0 Å². The Bertz CT molecular complexity index is 433. The molecule has 0 aliphatic carbocycles. The first-order chi connectivity index (χ1) is 11.4. The summed E-state index contributed by atoms with van der Waals surface area (Å²) in [6.45, 7) is 6.67. The van der Waals surface area contributed by atoms with Gasteiger partial charge in [-0.05, 0) is 0 Å². The number of carboxylic acid groups (broad SMARTS) is 2. The summed E-state index contributed by atoms with van der Waals surface area (Å²) in [6, 6.07) is 2.13. The van der Waals surface area contributed by atoms with E-state index in [-0.39, 0.29) is 5.91 Å². The summed E-state index contributed by atoms with van der Waals surface area (Å²) >= 11 is 0. The van der Waals surface area contributed by atoms with Gasteiger partial charge in [0.2, 0.25) is 5.91 Å². The van der Waals surface area contributed by atoms with Gasteiger partial charge in [-0.3, -0.25) is 9.69 Å². The van der Waals surface area contributed by atoms with Gasteiger partial charge >= 0.3 is 11.9 Å². The van der Waals surface area contributed by atoms with Crippen LogP contribution in [0.5, 0.6) is 0 Å². The summed E-state index contributed by atoms with van der Waals surface area (Å²) in [4.78, 5) is 33.5. The minimum absolute atomic E-state index is 0.289. The maximum atomic E-state index is 10.8. The summed E-state index contributed by atoms with van der Waals surface area (Å²) < 4.78 is 5.29. The summed E-state index contributed by atoms with van der Waals surface area (Å²) in [5, 5.41) is 23.4. The van der Waals surface area contributed by atoms with E-state index < -0.39 is 11.9 Å². The second kappa shape index (κ2) is 13.2. The summed E-state index contributed by atoms with van der Waals surface area (Å²) in [5.41, 5.74) is 5.15. The van der Waals surface area contributed by atoms with Crippen molar-refractivity contribution < 1.29 is 29.3 Å². The van der Waals surface area contributed by atoms with Crippen LogP contribution in [-0.4, -0.2) is 90.3 Å². The maximum Gasteiger partial charge on any atom is 0.414 e. The van der Waals surface area contributed by atoms with E-state index in [1.807, 2.05) is 0 Å². The van der Waals surface area contributed by atoms with Crippen LogP contribution >= 0.6 is 0 Å². The first-order valence-corrected chi connectivity index (χ1v) is 7.50. The van der Waals surface area contributed by atoms with Crippen LogP contribution in [-0.2, 0) is 19.1 Å². The molecule has 24 heavy (non-hydrogen) atoms. The Labute approximate surface area is 140 Å². The first-order valence-electron chi connectivity index (χ1n) is 7.50. The third-order valence-electron chi connectivity index (χ3n) is 3.23. The van der Waals surface area contributed by atoms with Gasteiger partial charge in [-0.15, -0.1) is 0 Å². The highest BCUT2D eigenvalue weighted by molar-refractivity contribution is 6.27. The highest BCUT2D eigenvalue weighted by Gasteiger charge is 2.12. The fourth-order valence-electron chi connectivity index (χ4n) is 1.92. The summed E-state index contributed by atoms with van der Waals surface area (Å²) in [7, 11) is 0. The quantitative estimate of drug-likeness (QED) is 0.449. The zero-order valence-corrected chi connectivity index (χ0v) is 13.5. The van der Waals surface area contributed by atoms with Crippen molar-refractivity contribution in [3.05, 3.63) is 0 Å². The van der Waals surface area contributed by atoms with Crippen LogP contribution < -0.4 is 5.73 Å². The first kappa shape index (κ1) is 21.8. The maximum absolute atomic E-state index is 10.8. The Balaban J connectivity index is 0.000000754. The molecular weight excluding hydrogens is 320 g/mol. The number of carboxylic acids is 2. The standard InChI is InChI=1S/C12H22N4O2.C2H2O4/c13-3-1-4-15(5-2-12(14)17)6-7-16-8-10-18-11-9-16;3-1(4)2(5)6/h1-2,4-11H2,(H2,14,17);(H,3,4)(H,5,6). The molecule has 136 valence electrons. The molecule has 10 heteroatoms. The average Bonchev–Trinajstić information content (AvgIpc) is 2.55. The Kier molecular flexibility index (Phi) is 12.0. The molecule has 10 nitrogen and oxygen atoms in total. The van der Waals surface area contributed by atoms with Gasteiger partial charge in [0, 0.05) is 52.1 Å². The van der Waals surface area contributed by atoms with Crippen molar-refractivity contribution in [1.82, 2.24) is 9.80 Å². The molecule has 0 atom stereocenters. The Morgan fingerprint density at radius 3 is 2.17 bits per heavy atom. The van der Waals surface area contributed by atoms with Crippen molar-refractivity contribution in [2.45, 2.75) is 12.8 Å². The van der Waals surface area contributed by atoms with Gasteiger partial charge < -0.3 is 25.6 Å². The van der Waals surface area contributed by atoms with Gasteiger partial charge in [-0.2, -0.15) is 5.26 Å². The highest BCUT2D eigenvalue weighted by Crippen LogP contribution is 1.99. The van der Waals surface area contributed by atoms with Crippen LogP contribution in [0.2, 0.25) is 0 Å². The lowest BCUT2D eigenvalue weighted by Crippen LogP contribution is -2.42. The Morgan fingerprint density at radius 1 is 1.12 bits per heavy atom. The molecule has 0 radical (unpaired) electrons. The van der Waals surface area contributed by atoms with Gasteiger partial charge in [0.05, 0.1) is 19.3 Å². The molecule has 1 aliphatic heterocycles. The molecule has 4 N–H and O–H groups in total. The molecule has 0 aromatic heterocycles. The number of carbonyl (C=O) groups excluding carboxylic acids is 1. The fourth-order valence-corrected chi connectivity index (χ4v) is 1.92. The number of amides is 1. The molecule has 0 aromatic rings. The number of primary amides is 1. The molecule has 0 bridgehead atoms. The molecule has 0 saturated carbocycles. The van der Waals surface area contributed by atoms with Gasteiger partial charge in [0.1, 0.15) is 0 Å². The number of aliphatic carboxylic acids is 2. The lowest BCUT2D eigenvalue weighted by atomic mass is 10.3.